The lowest BCUT2D eigenvalue weighted by Crippen LogP contribution is -2.47. The van der Waals surface area contributed by atoms with E-state index in [0.717, 1.165) is 32.1 Å². The van der Waals surface area contributed by atoms with Gasteiger partial charge in [-0.25, -0.2) is 4.98 Å². The van der Waals surface area contributed by atoms with E-state index in [1.165, 1.54) is 5.56 Å². The summed E-state index contributed by atoms with van der Waals surface area (Å²) in [5.41, 5.74) is 1.30. The molecule has 1 saturated heterocycles. The number of likely N-dealkylation sites (N-methyl/N-ethyl adjacent to an activating group) is 1. The van der Waals surface area contributed by atoms with Crippen LogP contribution in [-0.4, -0.2) is 47.2 Å². The Morgan fingerprint density at radius 2 is 2.14 bits per heavy atom. The SMILES string of the molecule is CCN1CCO[C@@H](CNc2cnccn2)[C@@H]1c1ccccc1. The first-order valence-electron chi connectivity index (χ1n) is 7.79. The summed E-state index contributed by atoms with van der Waals surface area (Å²) in [5, 5.41) is 3.33. The summed E-state index contributed by atoms with van der Waals surface area (Å²) in [6.45, 7) is 5.68. The number of morpholine rings is 1. The molecule has 0 aliphatic carbocycles. The second-order valence-corrected chi connectivity index (χ2v) is 5.36. The highest BCUT2D eigenvalue weighted by molar-refractivity contribution is 5.31. The highest BCUT2D eigenvalue weighted by Crippen LogP contribution is 2.29. The van der Waals surface area contributed by atoms with E-state index in [9.17, 15) is 0 Å². The summed E-state index contributed by atoms with van der Waals surface area (Å²) in [5.74, 6) is 0.784. The molecule has 2 heterocycles. The Kier molecular flexibility index (Phi) is 4.98. The zero-order valence-corrected chi connectivity index (χ0v) is 12.9. The molecule has 1 aromatic carbocycles. The third-order valence-corrected chi connectivity index (χ3v) is 4.05. The first-order chi connectivity index (χ1) is 10.9. The molecular formula is C17H22N4O. The zero-order chi connectivity index (χ0) is 15.2. The van der Waals surface area contributed by atoms with Crippen LogP contribution in [0.3, 0.4) is 0 Å². The molecule has 2 aromatic rings. The lowest BCUT2D eigenvalue weighted by atomic mass is 9.98. The number of nitrogens with one attached hydrogen (secondary N) is 1. The van der Waals surface area contributed by atoms with E-state index >= 15 is 0 Å². The molecule has 116 valence electrons. The third-order valence-electron chi connectivity index (χ3n) is 4.05. The standard InChI is InChI=1S/C17H22N4O/c1-2-21-10-11-22-15(12-20-16-13-18-8-9-19-16)17(21)14-6-4-3-5-7-14/h3-9,13,15,17H,2,10-12H2,1H3,(H,19,20)/t15-,17-/m0/s1. The maximum atomic E-state index is 6.05. The number of benzene rings is 1. The number of ether oxygens (including phenoxy) is 1. The minimum Gasteiger partial charge on any atom is -0.373 e. The molecule has 1 fully saturated rings. The van der Waals surface area contributed by atoms with Gasteiger partial charge in [0.05, 0.1) is 24.9 Å². The van der Waals surface area contributed by atoms with Crippen molar-refractivity contribution in [2.75, 3.05) is 31.6 Å². The molecule has 1 N–H and O–H groups in total. The van der Waals surface area contributed by atoms with Crippen LogP contribution >= 0.6 is 0 Å². The van der Waals surface area contributed by atoms with Crippen LogP contribution < -0.4 is 5.32 Å². The van der Waals surface area contributed by atoms with Crippen molar-refractivity contribution >= 4 is 5.82 Å². The topological polar surface area (TPSA) is 50.3 Å². The van der Waals surface area contributed by atoms with Crippen LogP contribution in [0.5, 0.6) is 0 Å². The molecule has 0 spiro atoms. The van der Waals surface area contributed by atoms with Gasteiger partial charge in [-0.2, -0.15) is 0 Å². The molecule has 1 aliphatic rings. The molecule has 0 bridgehead atoms. The molecule has 0 saturated carbocycles. The predicted octanol–water partition coefficient (Wildman–Crippen LogP) is 2.35. The zero-order valence-electron chi connectivity index (χ0n) is 12.9. The molecule has 3 rings (SSSR count). The second kappa shape index (κ2) is 7.33. The van der Waals surface area contributed by atoms with Crippen molar-refractivity contribution in [1.29, 1.82) is 0 Å². The van der Waals surface area contributed by atoms with Crippen molar-refractivity contribution < 1.29 is 4.74 Å². The number of anilines is 1. The molecule has 0 amide bonds. The Morgan fingerprint density at radius 3 is 2.86 bits per heavy atom. The van der Waals surface area contributed by atoms with E-state index in [2.05, 4.69) is 57.4 Å². The van der Waals surface area contributed by atoms with Crippen molar-refractivity contribution in [2.24, 2.45) is 0 Å². The first-order valence-corrected chi connectivity index (χ1v) is 7.79. The van der Waals surface area contributed by atoms with Gasteiger partial charge in [-0.15, -0.1) is 0 Å². The fraction of sp³-hybridized carbons (Fsp3) is 0.412. The molecule has 1 aliphatic heterocycles. The lowest BCUT2D eigenvalue weighted by molar-refractivity contribution is -0.0639. The number of aromatic nitrogens is 2. The van der Waals surface area contributed by atoms with Crippen molar-refractivity contribution in [3.05, 3.63) is 54.5 Å². The molecule has 2 atom stereocenters. The van der Waals surface area contributed by atoms with Crippen molar-refractivity contribution in [1.82, 2.24) is 14.9 Å². The van der Waals surface area contributed by atoms with Crippen molar-refractivity contribution in [3.8, 4) is 0 Å². The number of hydrogen-bond donors (Lipinski definition) is 1. The van der Waals surface area contributed by atoms with Crippen LogP contribution in [0.25, 0.3) is 0 Å². The van der Waals surface area contributed by atoms with Gasteiger partial charge in [-0.05, 0) is 12.1 Å². The van der Waals surface area contributed by atoms with Crippen LogP contribution in [0.15, 0.2) is 48.9 Å². The van der Waals surface area contributed by atoms with Crippen LogP contribution in [0, 0.1) is 0 Å². The van der Waals surface area contributed by atoms with Gasteiger partial charge in [-0.3, -0.25) is 9.88 Å². The predicted molar refractivity (Wildman–Crippen MR) is 86.7 cm³/mol. The van der Waals surface area contributed by atoms with Crippen LogP contribution in [0.1, 0.15) is 18.5 Å². The van der Waals surface area contributed by atoms with Gasteiger partial charge in [0.25, 0.3) is 0 Å². The average molecular weight is 298 g/mol. The number of rotatable bonds is 5. The van der Waals surface area contributed by atoms with Gasteiger partial charge in [0.1, 0.15) is 5.82 Å². The summed E-state index contributed by atoms with van der Waals surface area (Å²) in [4.78, 5) is 10.8. The van der Waals surface area contributed by atoms with Crippen LogP contribution in [-0.2, 0) is 4.74 Å². The highest BCUT2D eigenvalue weighted by atomic mass is 16.5. The Bertz CT molecular complexity index is 563. The molecule has 5 heteroatoms. The van der Waals surface area contributed by atoms with Gasteiger partial charge in [0, 0.05) is 25.5 Å². The van der Waals surface area contributed by atoms with E-state index in [1.807, 2.05) is 0 Å². The molecular weight excluding hydrogens is 276 g/mol. The highest BCUT2D eigenvalue weighted by Gasteiger charge is 2.32. The van der Waals surface area contributed by atoms with Crippen LogP contribution in [0.2, 0.25) is 0 Å². The first kappa shape index (κ1) is 14.9. The summed E-state index contributed by atoms with van der Waals surface area (Å²) >= 11 is 0. The van der Waals surface area contributed by atoms with Gasteiger partial charge >= 0.3 is 0 Å². The van der Waals surface area contributed by atoms with Crippen molar-refractivity contribution in [2.45, 2.75) is 19.1 Å². The third kappa shape index (κ3) is 3.43. The maximum absolute atomic E-state index is 6.05. The lowest BCUT2D eigenvalue weighted by Gasteiger charge is -2.41. The summed E-state index contributed by atoms with van der Waals surface area (Å²) in [6, 6.07) is 10.9. The van der Waals surface area contributed by atoms with Gasteiger partial charge in [0.2, 0.25) is 0 Å². The number of nitrogens with zero attached hydrogens (tertiary/aromatic N) is 3. The summed E-state index contributed by atoms with van der Waals surface area (Å²) in [6.07, 6.45) is 5.20. The Morgan fingerprint density at radius 1 is 1.27 bits per heavy atom. The molecule has 22 heavy (non-hydrogen) atoms. The number of hydrogen-bond acceptors (Lipinski definition) is 5. The monoisotopic (exact) mass is 298 g/mol. The van der Waals surface area contributed by atoms with Gasteiger partial charge < -0.3 is 10.1 Å². The van der Waals surface area contributed by atoms with Crippen molar-refractivity contribution in [3.63, 3.8) is 0 Å². The average Bonchev–Trinajstić information content (AvgIpc) is 2.61. The smallest absolute Gasteiger partial charge is 0.144 e. The molecule has 1 aromatic heterocycles. The Hall–Kier alpha value is -1.98. The van der Waals surface area contributed by atoms with Gasteiger partial charge in [0.15, 0.2) is 0 Å². The largest absolute Gasteiger partial charge is 0.373 e. The molecule has 0 unspecified atom stereocenters. The van der Waals surface area contributed by atoms with E-state index in [4.69, 9.17) is 4.74 Å². The minimum atomic E-state index is 0.0955. The second-order valence-electron chi connectivity index (χ2n) is 5.36. The van der Waals surface area contributed by atoms with E-state index in [0.29, 0.717) is 0 Å². The normalized spacial score (nSPS) is 22.4. The fourth-order valence-electron chi connectivity index (χ4n) is 2.98. The Labute approximate surface area is 131 Å². The van der Waals surface area contributed by atoms with E-state index in [-0.39, 0.29) is 12.1 Å². The minimum absolute atomic E-state index is 0.0955. The quantitative estimate of drug-likeness (QED) is 0.918. The van der Waals surface area contributed by atoms with E-state index < -0.39 is 0 Å². The fourth-order valence-corrected chi connectivity index (χ4v) is 2.98. The molecule has 0 radical (unpaired) electrons. The van der Waals surface area contributed by atoms with Crippen LogP contribution in [0.4, 0.5) is 5.82 Å². The van der Waals surface area contributed by atoms with E-state index in [1.54, 1.807) is 18.6 Å². The summed E-state index contributed by atoms with van der Waals surface area (Å²) in [7, 11) is 0. The molecule has 5 nitrogen and oxygen atoms in total. The maximum Gasteiger partial charge on any atom is 0.144 e. The Balaban J connectivity index is 1.75. The summed E-state index contributed by atoms with van der Waals surface area (Å²) < 4.78 is 6.05. The van der Waals surface area contributed by atoms with Gasteiger partial charge in [-0.1, -0.05) is 37.3 Å².